The molecule has 0 saturated heterocycles. The Bertz CT molecular complexity index is 406. The van der Waals surface area contributed by atoms with Gasteiger partial charge in [-0.25, -0.2) is 0 Å². The van der Waals surface area contributed by atoms with Crippen molar-refractivity contribution in [3.8, 4) is 0 Å². The summed E-state index contributed by atoms with van der Waals surface area (Å²) in [6.45, 7) is 3.98. The van der Waals surface area contributed by atoms with E-state index in [0.29, 0.717) is 10.7 Å². The summed E-state index contributed by atoms with van der Waals surface area (Å²) in [5.74, 6) is -0.162. The number of carbonyl (C=O) groups is 1. The highest BCUT2D eigenvalue weighted by Gasteiger charge is 2.20. The molecule has 1 aromatic carbocycles. The van der Waals surface area contributed by atoms with Crippen LogP contribution in [0.4, 0.5) is 5.69 Å². The number of nitrogens with one attached hydrogen (secondary N) is 2. The van der Waals surface area contributed by atoms with Crippen LogP contribution in [0.3, 0.4) is 0 Å². The third-order valence-electron chi connectivity index (χ3n) is 2.91. The van der Waals surface area contributed by atoms with Crippen molar-refractivity contribution in [1.29, 1.82) is 0 Å². The Kier molecular flexibility index (Phi) is 5.59. The molecular weight excluding hydrogens is 252 g/mol. The third kappa shape index (κ3) is 4.64. The number of amides is 1. The highest BCUT2D eigenvalue weighted by Crippen LogP contribution is 2.14. The Balaban J connectivity index is 2.47. The summed E-state index contributed by atoms with van der Waals surface area (Å²) in [5, 5.41) is 15.6. The van der Waals surface area contributed by atoms with E-state index in [1.54, 1.807) is 24.3 Å². The summed E-state index contributed by atoms with van der Waals surface area (Å²) < 4.78 is 0. The molecule has 0 aliphatic carbocycles. The Hall–Kier alpha value is -1.10. The lowest BCUT2D eigenvalue weighted by molar-refractivity contribution is -0.115. The van der Waals surface area contributed by atoms with Gasteiger partial charge in [-0.15, -0.1) is 0 Å². The minimum atomic E-state index is -0.425. The van der Waals surface area contributed by atoms with Gasteiger partial charge in [0, 0.05) is 16.2 Å². The molecular formula is C13H19ClN2O2. The van der Waals surface area contributed by atoms with Crippen LogP contribution in [-0.2, 0) is 4.79 Å². The molecule has 0 fully saturated rings. The second kappa shape index (κ2) is 6.73. The lowest BCUT2D eigenvalue weighted by atomic mass is 10.0. The van der Waals surface area contributed by atoms with Crippen LogP contribution in [-0.4, -0.2) is 29.7 Å². The van der Waals surface area contributed by atoms with E-state index in [4.69, 9.17) is 11.6 Å². The second-order valence-electron chi connectivity index (χ2n) is 4.48. The van der Waals surface area contributed by atoms with Crippen molar-refractivity contribution in [3.05, 3.63) is 29.3 Å². The standard InChI is InChI=1S/C13H19ClN2O2/c1-3-13(2,9-17)15-8-12(18)16-11-6-4-5-10(14)7-11/h4-7,15,17H,3,8-9H2,1-2H3,(H,16,18). The highest BCUT2D eigenvalue weighted by molar-refractivity contribution is 6.30. The smallest absolute Gasteiger partial charge is 0.238 e. The van der Waals surface area contributed by atoms with Gasteiger partial charge in [0.1, 0.15) is 0 Å². The average Bonchev–Trinajstić information content (AvgIpc) is 2.36. The van der Waals surface area contributed by atoms with Crippen molar-refractivity contribution in [2.45, 2.75) is 25.8 Å². The van der Waals surface area contributed by atoms with Crippen LogP contribution in [0.2, 0.25) is 5.02 Å². The highest BCUT2D eigenvalue weighted by atomic mass is 35.5. The molecule has 0 spiro atoms. The van der Waals surface area contributed by atoms with Gasteiger partial charge in [-0.2, -0.15) is 0 Å². The second-order valence-corrected chi connectivity index (χ2v) is 4.92. The normalized spacial score (nSPS) is 14.0. The van der Waals surface area contributed by atoms with Crippen molar-refractivity contribution < 1.29 is 9.90 Å². The Morgan fingerprint density at radius 3 is 2.78 bits per heavy atom. The topological polar surface area (TPSA) is 61.4 Å². The predicted octanol–water partition coefficient (Wildman–Crippen LogP) is 2.03. The number of hydrogen-bond acceptors (Lipinski definition) is 3. The number of benzene rings is 1. The van der Waals surface area contributed by atoms with E-state index < -0.39 is 5.54 Å². The van der Waals surface area contributed by atoms with Gasteiger partial charge < -0.3 is 15.7 Å². The van der Waals surface area contributed by atoms with Crippen LogP contribution in [0.15, 0.2) is 24.3 Å². The molecule has 1 atom stereocenters. The predicted molar refractivity (Wildman–Crippen MR) is 73.9 cm³/mol. The molecule has 0 aliphatic rings. The average molecular weight is 271 g/mol. The van der Waals surface area contributed by atoms with Gasteiger partial charge in [-0.05, 0) is 31.5 Å². The van der Waals surface area contributed by atoms with E-state index >= 15 is 0 Å². The quantitative estimate of drug-likeness (QED) is 0.741. The van der Waals surface area contributed by atoms with Crippen molar-refractivity contribution in [2.24, 2.45) is 0 Å². The zero-order chi connectivity index (χ0) is 13.6. The number of aliphatic hydroxyl groups excluding tert-OH is 1. The van der Waals surface area contributed by atoms with Gasteiger partial charge in [0.2, 0.25) is 5.91 Å². The minimum Gasteiger partial charge on any atom is -0.394 e. The van der Waals surface area contributed by atoms with Crippen LogP contribution in [0.1, 0.15) is 20.3 Å². The minimum absolute atomic E-state index is 0.00601. The largest absolute Gasteiger partial charge is 0.394 e. The van der Waals surface area contributed by atoms with Gasteiger partial charge >= 0.3 is 0 Å². The van der Waals surface area contributed by atoms with Gasteiger partial charge in [-0.3, -0.25) is 4.79 Å². The lowest BCUT2D eigenvalue weighted by Gasteiger charge is -2.26. The molecule has 1 aromatic rings. The molecule has 1 unspecified atom stereocenters. The van der Waals surface area contributed by atoms with Crippen molar-refractivity contribution in [3.63, 3.8) is 0 Å². The maximum atomic E-state index is 11.7. The molecule has 0 saturated carbocycles. The number of anilines is 1. The Labute approximate surface area is 112 Å². The van der Waals surface area contributed by atoms with Crippen molar-refractivity contribution in [1.82, 2.24) is 5.32 Å². The lowest BCUT2D eigenvalue weighted by Crippen LogP contribution is -2.48. The van der Waals surface area contributed by atoms with E-state index in [9.17, 15) is 9.90 Å². The molecule has 3 N–H and O–H groups in total. The molecule has 1 rings (SSSR count). The molecule has 100 valence electrons. The molecule has 1 amide bonds. The number of halogens is 1. The molecule has 4 nitrogen and oxygen atoms in total. The van der Waals surface area contributed by atoms with Gasteiger partial charge in [-0.1, -0.05) is 24.6 Å². The van der Waals surface area contributed by atoms with Crippen LogP contribution in [0.25, 0.3) is 0 Å². The van der Waals surface area contributed by atoms with E-state index in [-0.39, 0.29) is 19.1 Å². The fourth-order valence-corrected chi connectivity index (χ4v) is 1.55. The Morgan fingerprint density at radius 1 is 1.50 bits per heavy atom. The van der Waals surface area contributed by atoms with Crippen LogP contribution in [0, 0.1) is 0 Å². The molecule has 0 heterocycles. The molecule has 0 aliphatic heterocycles. The van der Waals surface area contributed by atoms with Crippen LogP contribution >= 0.6 is 11.6 Å². The first-order chi connectivity index (χ1) is 8.49. The van der Waals surface area contributed by atoms with Crippen LogP contribution < -0.4 is 10.6 Å². The number of hydrogen-bond donors (Lipinski definition) is 3. The summed E-state index contributed by atoms with van der Waals surface area (Å²) in [6, 6.07) is 6.98. The summed E-state index contributed by atoms with van der Waals surface area (Å²) in [4.78, 5) is 11.7. The van der Waals surface area contributed by atoms with E-state index in [1.807, 2.05) is 13.8 Å². The molecule has 0 radical (unpaired) electrons. The first-order valence-electron chi connectivity index (χ1n) is 5.90. The number of aliphatic hydroxyl groups is 1. The number of carbonyl (C=O) groups excluding carboxylic acids is 1. The van der Waals surface area contributed by atoms with Gasteiger partial charge in [0.05, 0.1) is 13.2 Å². The van der Waals surface area contributed by atoms with Crippen LogP contribution in [0.5, 0.6) is 0 Å². The zero-order valence-corrected chi connectivity index (χ0v) is 11.4. The first-order valence-corrected chi connectivity index (χ1v) is 6.28. The maximum absolute atomic E-state index is 11.7. The fraction of sp³-hybridized carbons (Fsp3) is 0.462. The SMILES string of the molecule is CCC(C)(CO)NCC(=O)Nc1cccc(Cl)c1. The summed E-state index contributed by atoms with van der Waals surface area (Å²) in [7, 11) is 0. The van der Waals surface area contributed by atoms with Crippen molar-refractivity contribution in [2.75, 3.05) is 18.5 Å². The number of rotatable bonds is 6. The van der Waals surface area contributed by atoms with E-state index in [2.05, 4.69) is 10.6 Å². The Morgan fingerprint density at radius 2 is 2.22 bits per heavy atom. The maximum Gasteiger partial charge on any atom is 0.238 e. The first kappa shape index (κ1) is 15.0. The van der Waals surface area contributed by atoms with E-state index in [1.165, 1.54) is 0 Å². The van der Waals surface area contributed by atoms with E-state index in [0.717, 1.165) is 6.42 Å². The summed E-state index contributed by atoms with van der Waals surface area (Å²) in [6.07, 6.45) is 0.744. The fourth-order valence-electron chi connectivity index (χ4n) is 1.36. The summed E-state index contributed by atoms with van der Waals surface area (Å²) >= 11 is 5.82. The van der Waals surface area contributed by atoms with Gasteiger partial charge in [0.15, 0.2) is 0 Å². The molecule has 0 bridgehead atoms. The molecule has 5 heteroatoms. The summed E-state index contributed by atoms with van der Waals surface area (Å²) in [5.41, 5.74) is 0.238. The monoisotopic (exact) mass is 270 g/mol. The molecule has 18 heavy (non-hydrogen) atoms. The van der Waals surface area contributed by atoms with Gasteiger partial charge in [0.25, 0.3) is 0 Å². The van der Waals surface area contributed by atoms with Crippen molar-refractivity contribution >= 4 is 23.2 Å². The zero-order valence-electron chi connectivity index (χ0n) is 10.7. The molecule has 0 aromatic heterocycles. The third-order valence-corrected chi connectivity index (χ3v) is 3.15.